The summed E-state index contributed by atoms with van der Waals surface area (Å²) < 4.78 is 5.66. The Morgan fingerprint density at radius 1 is 1.16 bits per heavy atom. The van der Waals surface area contributed by atoms with Crippen molar-refractivity contribution in [3.63, 3.8) is 0 Å². The van der Waals surface area contributed by atoms with E-state index >= 15 is 0 Å². The highest BCUT2D eigenvalue weighted by molar-refractivity contribution is 5.97. The molecule has 1 aliphatic heterocycles. The molecule has 2 amide bonds. The number of amides is 2. The monoisotopic (exact) mass is 338 g/mol. The minimum Gasteiger partial charge on any atom is -0.491 e. The van der Waals surface area contributed by atoms with Gasteiger partial charge < -0.3 is 15.0 Å². The largest absolute Gasteiger partial charge is 0.491 e. The fourth-order valence-electron chi connectivity index (χ4n) is 2.86. The SMILES string of the molecule is Cc1ccccc1OCCNC(=O)c1ccc(N2CCCC2=O)cc1. The first-order valence-corrected chi connectivity index (χ1v) is 8.52. The molecule has 0 spiro atoms. The molecule has 5 heteroatoms. The number of carbonyl (C=O) groups is 2. The third-order valence-corrected chi connectivity index (χ3v) is 4.25. The Hall–Kier alpha value is -2.82. The van der Waals surface area contributed by atoms with Gasteiger partial charge in [-0.3, -0.25) is 9.59 Å². The summed E-state index contributed by atoms with van der Waals surface area (Å²) in [6, 6.07) is 14.9. The fourth-order valence-corrected chi connectivity index (χ4v) is 2.86. The van der Waals surface area contributed by atoms with Crippen molar-refractivity contribution >= 4 is 17.5 Å². The minimum absolute atomic E-state index is 0.144. The molecule has 1 fully saturated rings. The van der Waals surface area contributed by atoms with Gasteiger partial charge in [0.05, 0.1) is 6.54 Å². The molecule has 1 N–H and O–H groups in total. The normalized spacial score (nSPS) is 13.8. The van der Waals surface area contributed by atoms with Crippen LogP contribution in [0.2, 0.25) is 0 Å². The van der Waals surface area contributed by atoms with Gasteiger partial charge in [-0.05, 0) is 49.2 Å². The summed E-state index contributed by atoms with van der Waals surface area (Å²) in [5.74, 6) is 0.828. The number of hydrogen-bond acceptors (Lipinski definition) is 3. The molecule has 0 radical (unpaired) electrons. The van der Waals surface area contributed by atoms with Crippen molar-refractivity contribution in [1.82, 2.24) is 5.32 Å². The van der Waals surface area contributed by atoms with Gasteiger partial charge in [0.25, 0.3) is 5.91 Å². The average molecular weight is 338 g/mol. The van der Waals surface area contributed by atoms with Crippen LogP contribution in [0.4, 0.5) is 5.69 Å². The van der Waals surface area contributed by atoms with Gasteiger partial charge in [-0.2, -0.15) is 0 Å². The lowest BCUT2D eigenvalue weighted by Crippen LogP contribution is -2.28. The highest BCUT2D eigenvalue weighted by Crippen LogP contribution is 2.21. The van der Waals surface area contributed by atoms with E-state index in [2.05, 4.69) is 5.32 Å². The molecular weight excluding hydrogens is 316 g/mol. The van der Waals surface area contributed by atoms with Gasteiger partial charge in [0.15, 0.2) is 0 Å². The summed E-state index contributed by atoms with van der Waals surface area (Å²) in [6.07, 6.45) is 1.49. The zero-order chi connectivity index (χ0) is 17.6. The number of ether oxygens (including phenoxy) is 1. The molecule has 25 heavy (non-hydrogen) atoms. The van der Waals surface area contributed by atoms with E-state index in [1.807, 2.05) is 43.3 Å². The van der Waals surface area contributed by atoms with Crippen LogP contribution in [0, 0.1) is 6.92 Å². The maximum absolute atomic E-state index is 12.2. The van der Waals surface area contributed by atoms with Crippen LogP contribution in [0.1, 0.15) is 28.8 Å². The summed E-state index contributed by atoms with van der Waals surface area (Å²) in [5, 5.41) is 2.84. The van der Waals surface area contributed by atoms with E-state index in [-0.39, 0.29) is 11.8 Å². The molecule has 2 aromatic carbocycles. The first kappa shape index (κ1) is 17.0. The number of nitrogens with one attached hydrogen (secondary N) is 1. The standard InChI is InChI=1S/C20H22N2O3/c1-15-5-2-3-6-18(15)25-14-12-21-20(24)16-8-10-17(11-9-16)22-13-4-7-19(22)23/h2-3,5-6,8-11H,4,7,12-14H2,1H3,(H,21,24). The van der Waals surface area contributed by atoms with E-state index in [4.69, 9.17) is 4.74 Å². The molecule has 0 aromatic heterocycles. The Labute approximate surface area is 147 Å². The summed E-state index contributed by atoms with van der Waals surface area (Å²) >= 11 is 0. The van der Waals surface area contributed by atoms with Crippen molar-refractivity contribution in [2.75, 3.05) is 24.6 Å². The van der Waals surface area contributed by atoms with Crippen LogP contribution < -0.4 is 15.0 Å². The smallest absolute Gasteiger partial charge is 0.251 e. The lowest BCUT2D eigenvalue weighted by Gasteiger charge is -2.16. The van der Waals surface area contributed by atoms with Gasteiger partial charge in [-0.25, -0.2) is 0 Å². The first-order chi connectivity index (χ1) is 12.1. The highest BCUT2D eigenvalue weighted by Gasteiger charge is 2.21. The number of benzene rings is 2. The molecule has 1 aliphatic rings. The van der Waals surface area contributed by atoms with E-state index < -0.39 is 0 Å². The number of nitrogens with zero attached hydrogens (tertiary/aromatic N) is 1. The van der Waals surface area contributed by atoms with Crippen molar-refractivity contribution in [1.29, 1.82) is 0 Å². The molecule has 2 aromatic rings. The number of aryl methyl sites for hydroxylation is 1. The van der Waals surface area contributed by atoms with Crippen molar-refractivity contribution in [3.05, 3.63) is 59.7 Å². The quantitative estimate of drug-likeness (QED) is 0.824. The Morgan fingerprint density at radius 2 is 1.92 bits per heavy atom. The van der Waals surface area contributed by atoms with Crippen LogP contribution in [0.5, 0.6) is 5.75 Å². The van der Waals surface area contributed by atoms with Crippen molar-refractivity contribution in [2.24, 2.45) is 0 Å². The highest BCUT2D eigenvalue weighted by atomic mass is 16.5. The maximum Gasteiger partial charge on any atom is 0.251 e. The average Bonchev–Trinajstić information content (AvgIpc) is 3.06. The second kappa shape index (κ2) is 7.83. The topological polar surface area (TPSA) is 58.6 Å². The summed E-state index contributed by atoms with van der Waals surface area (Å²) in [7, 11) is 0. The molecule has 3 rings (SSSR count). The molecule has 0 aliphatic carbocycles. The predicted octanol–water partition coefficient (Wildman–Crippen LogP) is 2.93. The molecule has 0 atom stereocenters. The third kappa shape index (κ3) is 4.18. The zero-order valence-electron chi connectivity index (χ0n) is 14.3. The second-order valence-corrected chi connectivity index (χ2v) is 6.07. The molecule has 130 valence electrons. The van der Waals surface area contributed by atoms with Crippen LogP contribution in [-0.4, -0.2) is 31.5 Å². The summed E-state index contributed by atoms with van der Waals surface area (Å²) in [6.45, 7) is 3.58. The van der Waals surface area contributed by atoms with Gasteiger partial charge in [0.2, 0.25) is 5.91 Å². The lowest BCUT2D eigenvalue weighted by atomic mass is 10.2. The summed E-state index contributed by atoms with van der Waals surface area (Å²) in [5.41, 5.74) is 2.49. The third-order valence-electron chi connectivity index (χ3n) is 4.25. The van der Waals surface area contributed by atoms with Gasteiger partial charge in [0, 0.05) is 24.2 Å². The van der Waals surface area contributed by atoms with Gasteiger partial charge in [-0.1, -0.05) is 18.2 Å². The van der Waals surface area contributed by atoms with E-state index in [0.29, 0.717) is 25.1 Å². The molecule has 5 nitrogen and oxygen atoms in total. The molecule has 0 bridgehead atoms. The van der Waals surface area contributed by atoms with E-state index in [0.717, 1.165) is 30.0 Å². The van der Waals surface area contributed by atoms with Crippen molar-refractivity contribution < 1.29 is 14.3 Å². The molecule has 1 saturated heterocycles. The minimum atomic E-state index is -0.146. The van der Waals surface area contributed by atoms with Crippen LogP contribution in [0.25, 0.3) is 0 Å². The second-order valence-electron chi connectivity index (χ2n) is 6.07. The van der Waals surface area contributed by atoms with Gasteiger partial charge >= 0.3 is 0 Å². The molecule has 0 saturated carbocycles. The molecule has 0 unspecified atom stereocenters. The van der Waals surface area contributed by atoms with Crippen molar-refractivity contribution in [3.8, 4) is 5.75 Å². The van der Waals surface area contributed by atoms with Crippen LogP contribution in [0.3, 0.4) is 0 Å². The fraction of sp³-hybridized carbons (Fsp3) is 0.300. The number of hydrogen-bond donors (Lipinski definition) is 1. The Bertz CT molecular complexity index is 756. The van der Waals surface area contributed by atoms with Gasteiger partial charge in [-0.15, -0.1) is 0 Å². The van der Waals surface area contributed by atoms with Gasteiger partial charge in [0.1, 0.15) is 12.4 Å². The van der Waals surface area contributed by atoms with Crippen LogP contribution in [0.15, 0.2) is 48.5 Å². The summed E-state index contributed by atoms with van der Waals surface area (Å²) in [4.78, 5) is 25.7. The van der Waals surface area contributed by atoms with Crippen LogP contribution in [-0.2, 0) is 4.79 Å². The number of para-hydroxylation sites is 1. The first-order valence-electron chi connectivity index (χ1n) is 8.52. The number of carbonyl (C=O) groups excluding carboxylic acids is 2. The van der Waals surface area contributed by atoms with Crippen LogP contribution >= 0.6 is 0 Å². The zero-order valence-corrected chi connectivity index (χ0v) is 14.3. The predicted molar refractivity (Wildman–Crippen MR) is 97.0 cm³/mol. The Kier molecular flexibility index (Phi) is 5.33. The molecular formula is C20H22N2O3. The number of rotatable bonds is 6. The lowest BCUT2D eigenvalue weighted by molar-refractivity contribution is -0.117. The van der Waals surface area contributed by atoms with E-state index in [1.165, 1.54) is 0 Å². The van der Waals surface area contributed by atoms with E-state index in [1.54, 1.807) is 17.0 Å². The Morgan fingerprint density at radius 3 is 2.60 bits per heavy atom. The number of anilines is 1. The maximum atomic E-state index is 12.2. The van der Waals surface area contributed by atoms with Crippen molar-refractivity contribution in [2.45, 2.75) is 19.8 Å². The Balaban J connectivity index is 1.48. The molecule has 1 heterocycles. The van der Waals surface area contributed by atoms with E-state index in [9.17, 15) is 9.59 Å².